The molecule has 6 aromatic carbocycles. The molecule has 0 saturated heterocycles. The summed E-state index contributed by atoms with van der Waals surface area (Å²) in [5.41, 5.74) is 8.86. The number of aryl methyl sites for hydroxylation is 2. The van der Waals surface area contributed by atoms with E-state index in [-0.39, 0.29) is 5.69 Å². The van der Waals surface area contributed by atoms with Crippen LogP contribution in [-0.4, -0.2) is 24.1 Å². The average Bonchev–Trinajstić information content (AvgIpc) is 3.34. The summed E-state index contributed by atoms with van der Waals surface area (Å²) in [7, 11) is 3.60. The van der Waals surface area contributed by atoms with Crippen LogP contribution >= 0.6 is 0 Å². The topological polar surface area (TPSA) is 65.6 Å². The summed E-state index contributed by atoms with van der Waals surface area (Å²) in [6, 6.07) is 47.6. The average molecular weight is 596 g/mol. The van der Waals surface area contributed by atoms with Gasteiger partial charge in [-0.15, -0.1) is 0 Å². The van der Waals surface area contributed by atoms with Crippen molar-refractivity contribution in [3.8, 4) is 56.4 Å². The van der Waals surface area contributed by atoms with Gasteiger partial charge in [0.05, 0.1) is 11.0 Å². The molecule has 2 aromatic heterocycles. The van der Waals surface area contributed by atoms with Crippen LogP contribution < -0.4 is 5.69 Å². The molecule has 0 atom stereocenters. The number of imidazole rings is 1. The Morgan fingerprint density at radius 2 is 0.978 bits per heavy atom. The molecule has 0 unspecified atom stereocenters. The minimum atomic E-state index is -0.0370. The molecule has 0 N–H and O–H groups in total. The van der Waals surface area contributed by atoms with E-state index in [2.05, 4.69) is 84.9 Å². The maximum atomic E-state index is 12.4. The number of fused-ring (bicyclic) bond motifs is 2. The third kappa shape index (κ3) is 4.77. The molecule has 6 heteroatoms. The van der Waals surface area contributed by atoms with Crippen LogP contribution in [0.25, 0.3) is 78.2 Å². The monoisotopic (exact) mass is 595 g/mol. The standard InChI is InChI=1S/C40H29N5O/c1-44-35-23-22-30(25-36(35)45(2)40(44)46)26-18-20-29(21-19-26)38-41-37(28-11-4-3-5-12-28)42-39(43-38)32-15-8-14-31(24-32)34-17-9-13-27-10-6-7-16-33(27)34/h3-25H,1-2H3. The Labute approximate surface area is 265 Å². The highest BCUT2D eigenvalue weighted by Crippen LogP contribution is 2.32. The Balaban J connectivity index is 1.21. The molecule has 0 aliphatic carbocycles. The normalized spacial score (nSPS) is 11.3. The second-order valence-corrected chi connectivity index (χ2v) is 11.5. The number of nitrogens with zero attached hydrogens (tertiary/aromatic N) is 5. The first-order valence-electron chi connectivity index (χ1n) is 15.2. The van der Waals surface area contributed by atoms with E-state index in [1.165, 1.54) is 16.3 Å². The van der Waals surface area contributed by atoms with E-state index >= 15 is 0 Å². The predicted octanol–water partition coefficient (Wildman–Crippen LogP) is 8.55. The van der Waals surface area contributed by atoms with Gasteiger partial charge in [-0.3, -0.25) is 9.13 Å². The van der Waals surface area contributed by atoms with Crippen molar-refractivity contribution in [1.29, 1.82) is 0 Å². The molecular formula is C40H29N5O. The van der Waals surface area contributed by atoms with Crippen molar-refractivity contribution in [2.45, 2.75) is 0 Å². The summed E-state index contributed by atoms with van der Waals surface area (Å²) in [4.78, 5) is 27.3. The van der Waals surface area contributed by atoms with Crippen LogP contribution in [0.2, 0.25) is 0 Å². The third-order valence-corrected chi connectivity index (χ3v) is 8.64. The van der Waals surface area contributed by atoms with E-state index in [9.17, 15) is 4.79 Å². The molecule has 0 aliphatic rings. The van der Waals surface area contributed by atoms with Crippen molar-refractivity contribution in [1.82, 2.24) is 24.1 Å². The Morgan fingerprint density at radius 1 is 0.435 bits per heavy atom. The van der Waals surface area contributed by atoms with Crippen molar-refractivity contribution < 1.29 is 0 Å². The van der Waals surface area contributed by atoms with Gasteiger partial charge >= 0.3 is 5.69 Å². The minimum absolute atomic E-state index is 0.0370. The van der Waals surface area contributed by atoms with E-state index in [1.807, 2.05) is 54.6 Å². The molecule has 0 bridgehead atoms. The van der Waals surface area contributed by atoms with E-state index < -0.39 is 0 Å². The fraction of sp³-hybridized carbons (Fsp3) is 0.0500. The zero-order valence-corrected chi connectivity index (χ0v) is 25.4. The highest BCUT2D eigenvalue weighted by atomic mass is 16.1. The molecule has 220 valence electrons. The first-order valence-corrected chi connectivity index (χ1v) is 15.2. The summed E-state index contributed by atoms with van der Waals surface area (Å²) < 4.78 is 3.35. The van der Waals surface area contributed by atoms with Gasteiger partial charge in [-0.25, -0.2) is 19.7 Å². The van der Waals surface area contributed by atoms with Gasteiger partial charge < -0.3 is 0 Å². The first-order chi connectivity index (χ1) is 22.5. The molecule has 0 saturated carbocycles. The fourth-order valence-electron chi connectivity index (χ4n) is 6.15. The molecule has 8 aromatic rings. The second kappa shape index (κ2) is 11.1. The first kappa shape index (κ1) is 27.4. The number of aromatic nitrogens is 5. The van der Waals surface area contributed by atoms with Crippen molar-refractivity contribution in [2.24, 2.45) is 14.1 Å². The Bertz CT molecular complexity index is 2450. The zero-order chi connectivity index (χ0) is 31.2. The predicted molar refractivity (Wildman–Crippen MR) is 186 cm³/mol. The minimum Gasteiger partial charge on any atom is -0.295 e. The largest absolute Gasteiger partial charge is 0.328 e. The van der Waals surface area contributed by atoms with Gasteiger partial charge in [0, 0.05) is 30.8 Å². The molecule has 46 heavy (non-hydrogen) atoms. The molecule has 0 amide bonds. The van der Waals surface area contributed by atoms with Gasteiger partial charge in [-0.05, 0) is 51.2 Å². The van der Waals surface area contributed by atoms with E-state index in [4.69, 9.17) is 15.0 Å². The highest BCUT2D eigenvalue weighted by Gasteiger charge is 2.14. The van der Waals surface area contributed by atoms with Crippen LogP contribution in [0.4, 0.5) is 0 Å². The van der Waals surface area contributed by atoms with E-state index in [0.29, 0.717) is 17.5 Å². The Kier molecular flexibility index (Phi) is 6.61. The van der Waals surface area contributed by atoms with Gasteiger partial charge in [0.2, 0.25) is 0 Å². The van der Waals surface area contributed by atoms with E-state index in [1.54, 1.807) is 23.2 Å². The molecule has 0 spiro atoms. The second-order valence-electron chi connectivity index (χ2n) is 11.5. The van der Waals surface area contributed by atoms with Gasteiger partial charge in [-0.1, -0.05) is 121 Å². The lowest BCUT2D eigenvalue weighted by molar-refractivity contribution is 0.795. The summed E-state index contributed by atoms with van der Waals surface area (Å²) >= 11 is 0. The smallest absolute Gasteiger partial charge is 0.295 e. The van der Waals surface area contributed by atoms with Gasteiger partial charge in [0.15, 0.2) is 17.5 Å². The molecule has 0 radical (unpaired) electrons. The SMILES string of the molecule is Cn1c(=O)n(C)c2cc(-c3ccc(-c4nc(-c5ccccc5)nc(-c5cccc(-c6cccc7ccccc67)c5)n4)cc3)ccc21. The fourth-order valence-corrected chi connectivity index (χ4v) is 6.15. The van der Waals surface area contributed by atoms with Crippen LogP contribution in [0, 0.1) is 0 Å². The molecule has 0 fully saturated rings. The van der Waals surface area contributed by atoms with Crippen molar-refractivity contribution in [3.63, 3.8) is 0 Å². The molecule has 2 heterocycles. The summed E-state index contributed by atoms with van der Waals surface area (Å²) in [6.07, 6.45) is 0. The lowest BCUT2D eigenvalue weighted by Gasteiger charge is -2.11. The molecule has 0 aliphatic heterocycles. The summed E-state index contributed by atoms with van der Waals surface area (Å²) in [6.45, 7) is 0. The van der Waals surface area contributed by atoms with Crippen LogP contribution in [0.3, 0.4) is 0 Å². The van der Waals surface area contributed by atoms with Crippen LogP contribution in [0.15, 0.2) is 144 Å². The number of rotatable bonds is 5. The van der Waals surface area contributed by atoms with Gasteiger partial charge in [-0.2, -0.15) is 0 Å². The Morgan fingerprint density at radius 3 is 1.76 bits per heavy atom. The van der Waals surface area contributed by atoms with Crippen LogP contribution in [0.5, 0.6) is 0 Å². The van der Waals surface area contributed by atoms with Gasteiger partial charge in [0.1, 0.15) is 0 Å². The number of benzene rings is 6. The van der Waals surface area contributed by atoms with Crippen LogP contribution in [-0.2, 0) is 14.1 Å². The van der Waals surface area contributed by atoms with Crippen molar-refractivity contribution in [3.05, 3.63) is 150 Å². The number of hydrogen-bond acceptors (Lipinski definition) is 4. The summed E-state index contributed by atoms with van der Waals surface area (Å²) in [5.74, 6) is 1.84. The number of hydrogen-bond donors (Lipinski definition) is 0. The summed E-state index contributed by atoms with van der Waals surface area (Å²) in [5, 5.41) is 2.41. The quantitative estimate of drug-likeness (QED) is 0.200. The molecular weight excluding hydrogens is 566 g/mol. The van der Waals surface area contributed by atoms with Gasteiger partial charge in [0.25, 0.3) is 0 Å². The Hall–Kier alpha value is -6.14. The van der Waals surface area contributed by atoms with E-state index in [0.717, 1.165) is 44.4 Å². The lowest BCUT2D eigenvalue weighted by Crippen LogP contribution is -2.19. The van der Waals surface area contributed by atoms with Crippen LogP contribution in [0.1, 0.15) is 0 Å². The van der Waals surface area contributed by atoms with Crippen molar-refractivity contribution >= 4 is 21.8 Å². The van der Waals surface area contributed by atoms with Crippen molar-refractivity contribution in [2.75, 3.05) is 0 Å². The highest BCUT2D eigenvalue weighted by molar-refractivity contribution is 5.97. The molecule has 8 rings (SSSR count). The third-order valence-electron chi connectivity index (χ3n) is 8.64. The maximum absolute atomic E-state index is 12.4. The lowest BCUT2D eigenvalue weighted by atomic mass is 9.97. The maximum Gasteiger partial charge on any atom is 0.328 e. The molecule has 6 nitrogen and oxygen atoms in total. The zero-order valence-electron chi connectivity index (χ0n) is 25.4.